The molecule has 1 amide bonds. The number of amides is 1. The number of aromatic nitrogens is 2. The molecule has 2 saturated heterocycles. The minimum Gasteiger partial charge on any atom is -0.489 e. The van der Waals surface area contributed by atoms with Crippen molar-refractivity contribution in [3.8, 4) is 5.75 Å². The number of hydrogen-bond acceptors (Lipinski definition) is 5. The van der Waals surface area contributed by atoms with Gasteiger partial charge in [0.2, 0.25) is 0 Å². The number of fused-ring (bicyclic) bond motifs is 2. The standard InChI is InChI=1S/C19H21N3O3/c23-19(24-13-14-4-1-2-9-21-14)22-15-6-7-16(22)11-18(10-15)25-17-5-3-8-20-12-17/h1-5,8-9,12,15-16,18H,6-7,10-11,13H2. The molecule has 2 atom stereocenters. The fourth-order valence-corrected chi connectivity index (χ4v) is 3.82. The summed E-state index contributed by atoms with van der Waals surface area (Å²) in [6, 6.07) is 9.76. The molecule has 0 N–H and O–H groups in total. The van der Waals surface area contributed by atoms with Crippen molar-refractivity contribution in [3.63, 3.8) is 0 Å². The summed E-state index contributed by atoms with van der Waals surface area (Å²) in [5.41, 5.74) is 0.762. The SMILES string of the molecule is O=C(OCc1ccccn1)N1C2CCC1CC(Oc1cccnc1)C2. The molecule has 0 aromatic carbocycles. The van der Waals surface area contributed by atoms with Crippen LogP contribution in [0.25, 0.3) is 0 Å². The van der Waals surface area contributed by atoms with Gasteiger partial charge < -0.3 is 14.4 Å². The van der Waals surface area contributed by atoms with E-state index < -0.39 is 0 Å². The molecule has 2 unspecified atom stereocenters. The highest BCUT2D eigenvalue weighted by Crippen LogP contribution is 2.37. The van der Waals surface area contributed by atoms with E-state index >= 15 is 0 Å². The number of ether oxygens (including phenoxy) is 2. The van der Waals surface area contributed by atoms with Crippen LogP contribution >= 0.6 is 0 Å². The van der Waals surface area contributed by atoms with Crippen molar-refractivity contribution in [1.29, 1.82) is 0 Å². The predicted molar refractivity (Wildman–Crippen MR) is 91.0 cm³/mol. The van der Waals surface area contributed by atoms with Gasteiger partial charge in [0, 0.05) is 37.3 Å². The van der Waals surface area contributed by atoms with Crippen LogP contribution in [0.3, 0.4) is 0 Å². The molecule has 6 nitrogen and oxygen atoms in total. The number of carbonyl (C=O) groups excluding carboxylic acids is 1. The molecule has 2 fully saturated rings. The van der Waals surface area contributed by atoms with Gasteiger partial charge >= 0.3 is 6.09 Å². The Balaban J connectivity index is 1.34. The lowest BCUT2D eigenvalue weighted by Crippen LogP contribution is -2.49. The van der Waals surface area contributed by atoms with E-state index in [1.54, 1.807) is 18.6 Å². The first-order chi connectivity index (χ1) is 12.3. The lowest BCUT2D eigenvalue weighted by Gasteiger charge is -2.38. The molecule has 0 saturated carbocycles. The molecular formula is C19H21N3O3. The van der Waals surface area contributed by atoms with Gasteiger partial charge in [-0.05, 0) is 37.1 Å². The van der Waals surface area contributed by atoms with Gasteiger partial charge in [-0.25, -0.2) is 4.79 Å². The Labute approximate surface area is 146 Å². The fourth-order valence-electron chi connectivity index (χ4n) is 3.82. The second kappa shape index (κ2) is 7.09. The van der Waals surface area contributed by atoms with Crippen LogP contribution in [0.5, 0.6) is 5.75 Å². The van der Waals surface area contributed by atoms with Crippen molar-refractivity contribution >= 4 is 6.09 Å². The Morgan fingerprint density at radius 1 is 1.12 bits per heavy atom. The van der Waals surface area contributed by atoms with Gasteiger partial charge in [-0.2, -0.15) is 0 Å². The molecular weight excluding hydrogens is 318 g/mol. The van der Waals surface area contributed by atoms with E-state index in [0.29, 0.717) is 0 Å². The summed E-state index contributed by atoms with van der Waals surface area (Å²) < 4.78 is 11.5. The molecule has 25 heavy (non-hydrogen) atoms. The second-order valence-electron chi connectivity index (χ2n) is 6.57. The summed E-state index contributed by atoms with van der Waals surface area (Å²) in [4.78, 5) is 22.7. The van der Waals surface area contributed by atoms with Crippen LogP contribution in [0, 0.1) is 0 Å². The summed E-state index contributed by atoms with van der Waals surface area (Å²) in [6.45, 7) is 0.214. The molecule has 2 aromatic rings. The average Bonchev–Trinajstić information content (AvgIpc) is 2.92. The third-order valence-electron chi connectivity index (χ3n) is 4.91. The minimum atomic E-state index is -0.238. The minimum absolute atomic E-state index is 0.126. The molecule has 6 heteroatoms. The maximum absolute atomic E-state index is 12.5. The molecule has 0 spiro atoms. The second-order valence-corrected chi connectivity index (χ2v) is 6.57. The van der Waals surface area contributed by atoms with Crippen LogP contribution in [0.15, 0.2) is 48.9 Å². The van der Waals surface area contributed by atoms with Crippen LogP contribution in [0.1, 0.15) is 31.4 Å². The normalized spacial score (nSPS) is 24.8. The Bertz CT molecular complexity index is 696. The molecule has 0 aliphatic carbocycles. The Kier molecular flexibility index (Phi) is 4.50. The average molecular weight is 339 g/mol. The van der Waals surface area contributed by atoms with E-state index in [2.05, 4.69) is 9.97 Å². The van der Waals surface area contributed by atoms with Gasteiger partial charge in [-0.15, -0.1) is 0 Å². The van der Waals surface area contributed by atoms with E-state index in [-0.39, 0.29) is 30.9 Å². The van der Waals surface area contributed by atoms with Crippen LogP contribution in [-0.2, 0) is 11.3 Å². The summed E-state index contributed by atoms with van der Waals surface area (Å²) in [6.07, 6.45) is 8.75. The largest absolute Gasteiger partial charge is 0.489 e. The van der Waals surface area contributed by atoms with E-state index in [1.165, 1.54) is 0 Å². The summed E-state index contributed by atoms with van der Waals surface area (Å²) >= 11 is 0. The lowest BCUT2D eigenvalue weighted by atomic mass is 10.0. The fraction of sp³-hybridized carbons (Fsp3) is 0.421. The van der Waals surface area contributed by atoms with Gasteiger partial charge in [-0.1, -0.05) is 6.07 Å². The van der Waals surface area contributed by atoms with Crippen LogP contribution in [0.2, 0.25) is 0 Å². The topological polar surface area (TPSA) is 64.5 Å². The summed E-state index contributed by atoms with van der Waals surface area (Å²) in [5.74, 6) is 0.790. The highest BCUT2D eigenvalue weighted by atomic mass is 16.6. The monoisotopic (exact) mass is 339 g/mol. The van der Waals surface area contributed by atoms with Crippen molar-refractivity contribution in [2.45, 2.75) is 50.5 Å². The molecule has 4 rings (SSSR count). The van der Waals surface area contributed by atoms with E-state index in [1.807, 2.05) is 35.2 Å². The quantitative estimate of drug-likeness (QED) is 0.856. The zero-order valence-electron chi connectivity index (χ0n) is 14.0. The van der Waals surface area contributed by atoms with Crippen molar-refractivity contribution in [2.24, 2.45) is 0 Å². The van der Waals surface area contributed by atoms with Gasteiger partial charge in [-0.3, -0.25) is 9.97 Å². The Hall–Kier alpha value is -2.63. The predicted octanol–water partition coefficient (Wildman–Crippen LogP) is 3.19. The lowest BCUT2D eigenvalue weighted by molar-refractivity contribution is 0.0299. The van der Waals surface area contributed by atoms with Crippen molar-refractivity contribution in [2.75, 3.05) is 0 Å². The van der Waals surface area contributed by atoms with Gasteiger partial charge in [0.15, 0.2) is 0 Å². The van der Waals surface area contributed by atoms with Gasteiger partial charge in [0.05, 0.1) is 11.9 Å². The van der Waals surface area contributed by atoms with Gasteiger partial charge in [0.1, 0.15) is 18.5 Å². The first kappa shape index (κ1) is 15.9. The number of pyridine rings is 2. The molecule has 0 radical (unpaired) electrons. The number of hydrogen-bond donors (Lipinski definition) is 0. The zero-order chi connectivity index (χ0) is 17.1. The molecule has 2 aliphatic rings. The van der Waals surface area contributed by atoms with Crippen molar-refractivity contribution < 1.29 is 14.3 Å². The first-order valence-corrected chi connectivity index (χ1v) is 8.71. The Morgan fingerprint density at radius 3 is 2.64 bits per heavy atom. The van der Waals surface area contributed by atoms with E-state index in [9.17, 15) is 4.79 Å². The molecule has 2 aliphatic heterocycles. The van der Waals surface area contributed by atoms with Crippen LogP contribution in [0.4, 0.5) is 4.79 Å². The van der Waals surface area contributed by atoms with Crippen molar-refractivity contribution in [1.82, 2.24) is 14.9 Å². The van der Waals surface area contributed by atoms with Gasteiger partial charge in [0.25, 0.3) is 0 Å². The van der Waals surface area contributed by atoms with Crippen molar-refractivity contribution in [3.05, 3.63) is 54.6 Å². The number of piperidine rings is 1. The zero-order valence-corrected chi connectivity index (χ0v) is 14.0. The number of nitrogens with zero attached hydrogens (tertiary/aromatic N) is 3. The number of carbonyl (C=O) groups is 1. The highest BCUT2D eigenvalue weighted by molar-refractivity contribution is 5.69. The maximum atomic E-state index is 12.5. The molecule has 2 aromatic heterocycles. The van der Waals surface area contributed by atoms with Crippen LogP contribution < -0.4 is 4.74 Å². The third kappa shape index (κ3) is 3.57. The molecule has 4 heterocycles. The first-order valence-electron chi connectivity index (χ1n) is 8.71. The smallest absolute Gasteiger partial charge is 0.410 e. The van der Waals surface area contributed by atoms with Crippen LogP contribution in [-0.4, -0.2) is 39.1 Å². The highest BCUT2D eigenvalue weighted by Gasteiger charge is 2.44. The van der Waals surface area contributed by atoms with E-state index in [0.717, 1.165) is 37.1 Å². The molecule has 130 valence electrons. The summed E-state index contributed by atoms with van der Waals surface area (Å²) in [5, 5.41) is 0. The molecule has 2 bridgehead atoms. The Morgan fingerprint density at radius 2 is 1.96 bits per heavy atom. The maximum Gasteiger partial charge on any atom is 0.410 e. The summed E-state index contributed by atoms with van der Waals surface area (Å²) in [7, 11) is 0. The van der Waals surface area contributed by atoms with E-state index in [4.69, 9.17) is 9.47 Å². The number of rotatable bonds is 4. The third-order valence-corrected chi connectivity index (χ3v) is 4.91.